The van der Waals surface area contributed by atoms with Gasteiger partial charge in [0.05, 0.1) is 17.1 Å². The third-order valence-corrected chi connectivity index (χ3v) is 5.04. The molecule has 1 fully saturated rings. The van der Waals surface area contributed by atoms with Gasteiger partial charge in [0, 0.05) is 13.1 Å². The second kappa shape index (κ2) is 9.53. The zero-order chi connectivity index (χ0) is 19.1. The maximum Gasteiger partial charge on any atom is 0.253 e. The van der Waals surface area contributed by atoms with Gasteiger partial charge < -0.3 is 10.6 Å². The molecule has 1 aliphatic rings. The molecule has 0 saturated carbocycles. The number of halogens is 1. The van der Waals surface area contributed by atoms with Crippen molar-refractivity contribution in [3.63, 3.8) is 0 Å². The molecule has 0 aliphatic carbocycles. The third-order valence-electron chi connectivity index (χ3n) is 4.72. The van der Waals surface area contributed by atoms with E-state index in [1.165, 1.54) is 18.4 Å². The lowest BCUT2D eigenvalue weighted by molar-refractivity contribution is -0.120. The van der Waals surface area contributed by atoms with Gasteiger partial charge in [-0.15, -0.1) is 0 Å². The molecule has 0 bridgehead atoms. The fourth-order valence-corrected chi connectivity index (χ4v) is 3.44. The molecule has 0 aromatic heterocycles. The minimum absolute atomic E-state index is 0.0850. The molecule has 0 unspecified atom stereocenters. The van der Waals surface area contributed by atoms with E-state index in [4.69, 9.17) is 11.6 Å². The van der Waals surface area contributed by atoms with Gasteiger partial charge in [-0.2, -0.15) is 0 Å². The molecule has 2 amide bonds. The summed E-state index contributed by atoms with van der Waals surface area (Å²) in [6.45, 7) is 3.54. The van der Waals surface area contributed by atoms with Crippen molar-refractivity contribution in [1.82, 2.24) is 15.5 Å². The van der Waals surface area contributed by atoms with Crippen LogP contribution in [0.5, 0.6) is 0 Å². The van der Waals surface area contributed by atoms with Crippen LogP contribution >= 0.6 is 11.6 Å². The number of rotatable bonds is 7. The molecule has 0 spiro atoms. The standard InChI is InChI=1S/C21H24ClN3O2/c22-19-10-4-3-9-18(19)21(27)24-14-20(26)23-13-16-7-1-2-8-17(16)15-25-11-5-6-12-25/h1-4,7-10H,5-6,11-15H2,(H,23,26)(H,24,27). The Bertz CT molecular complexity index is 804. The molecule has 2 aromatic rings. The Kier molecular flexibility index (Phi) is 6.85. The van der Waals surface area contributed by atoms with E-state index >= 15 is 0 Å². The number of carbonyl (C=O) groups is 2. The van der Waals surface area contributed by atoms with Gasteiger partial charge in [0.1, 0.15) is 0 Å². The van der Waals surface area contributed by atoms with E-state index < -0.39 is 0 Å². The molecular formula is C21H24ClN3O2. The van der Waals surface area contributed by atoms with Crippen LogP contribution in [0.4, 0.5) is 0 Å². The van der Waals surface area contributed by atoms with Gasteiger partial charge in [0.25, 0.3) is 5.91 Å². The van der Waals surface area contributed by atoms with Crippen LogP contribution in [0.2, 0.25) is 5.02 Å². The van der Waals surface area contributed by atoms with E-state index in [-0.39, 0.29) is 18.4 Å². The Hall–Kier alpha value is -2.37. The number of hydrogen-bond acceptors (Lipinski definition) is 3. The SMILES string of the molecule is O=C(CNC(=O)c1ccccc1Cl)NCc1ccccc1CN1CCCC1. The molecule has 0 atom stereocenters. The number of nitrogens with one attached hydrogen (secondary N) is 2. The Morgan fingerprint density at radius 2 is 1.59 bits per heavy atom. The number of benzene rings is 2. The quantitative estimate of drug-likeness (QED) is 0.770. The highest BCUT2D eigenvalue weighted by atomic mass is 35.5. The summed E-state index contributed by atoms with van der Waals surface area (Å²) in [5.41, 5.74) is 2.71. The smallest absolute Gasteiger partial charge is 0.253 e. The monoisotopic (exact) mass is 385 g/mol. The van der Waals surface area contributed by atoms with Crippen molar-refractivity contribution in [2.24, 2.45) is 0 Å². The largest absolute Gasteiger partial charge is 0.350 e. The molecular weight excluding hydrogens is 362 g/mol. The van der Waals surface area contributed by atoms with E-state index in [1.54, 1.807) is 24.3 Å². The minimum atomic E-state index is -0.356. The van der Waals surface area contributed by atoms with Crippen molar-refractivity contribution in [1.29, 1.82) is 0 Å². The summed E-state index contributed by atoms with van der Waals surface area (Å²) in [5.74, 6) is -0.587. The number of carbonyl (C=O) groups excluding carboxylic acids is 2. The molecule has 27 heavy (non-hydrogen) atoms. The Morgan fingerprint density at radius 3 is 2.33 bits per heavy atom. The molecule has 2 aromatic carbocycles. The topological polar surface area (TPSA) is 61.4 Å². The zero-order valence-electron chi connectivity index (χ0n) is 15.2. The molecule has 6 heteroatoms. The fourth-order valence-electron chi connectivity index (χ4n) is 3.22. The van der Waals surface area contributed by atoms with Gasteiger partial charge in [-0.05, 0) is 49.2 Å². The van der Waals surface area contributed by atoms with E-state index in [9.17, 15) is 9.59 Å². The van der Waals surface area contributed by atoms with Crippen LogP contribution in [0, 0.1) is 0 Å². The third kappa shape index (κ3) is 5.55. The van der Waals surface area contributed by atoms with E-state index in [1.807, 2.05) is 18.2 Å². The van der Waals surface area contributed by atoms with Crippen LogP contribution in [0.15, 0.2) is 48.5 Å². The van der Waals surface area contributed by atoms with Gasteiger partial charge in [-0.3, -0.25) is 14.5 Å². The lowest BCUT2D eigenvalue weighted by Crippen LogP contribution is -2.37. The first kappa shape index (κ1) is 19.4. The first-order valence-electron chi connectivity index (χ1n) is 9.22. The van der Waals surface area contributed by atoms with E-state index in [0.29, 0.717) is 17.1 Å². The molecule has 2 N–H and O–H groups in total. The highest BCUT2D eigenvalue weighted by molar-refractivity contribution is 6.33. The summed E-state index contributed by atoms with van der Waals surface area (Å²) in [5, 5.41) is 5.85. The Balaban J connectivity index is 1.49. The minimum Gasteiger partial charge on any atom is -0.350 e. The van der Waals surface area contributed by atoms with Crippen molar-refractivity contribution >= 4 is 23.4 Å². The van der Waals surface area contributed by atoms with Gasteiger partial charge in [-0.25, -0.2) is 0 Å². The van der Waals surface area contributed by atoms with E-state index in [2.05, 4.69) is 21.6 Å². The summed E-state index contributed by atoms with van der Waals surface area (Å²) in [6.07, 6.45) is 2.51. The summed E-state index contributed by atoms with van der Waals surface area (Å²) in [6, 6.07) is 14.9. The van der Waals surface area contributed by atoms with Crippen LogP contribution in [0.1, 0.15) is 34.3 Å². The van der Waals surface area contributed by atoms with Crippen LogP contribution in [-0.2, 0) is 17.9 Å². The van der Waals surface area contributed by atoms with Crippen LogP contribution in [0.3, 0.4) is 0 Å². The van der Waals surface area contributed by atoms with Crippen molar-refractivity contribution < 1.29 is 9.59 Å². The predicted molar refractivity (Wildman–Crippen MR) is 107 cm³/mol. The normalized spacial score (nSPS) is 14.1. The maximum atomic E-state index is 12.1. The maximum absolute atomic E-state index is 12.1. The number of likely N-dealkylation sites (tertiary alicyclic amines) is 1. The second-order valence-corrected chi connectivity index (χ2v) is 7.10. The van der Waals surface area contributed by atoms with Crippen molar-refractivity contribution in [2.45, 2.75) is 25.9 Å². The lowest BCUT2D eigenvalue weighted by Gasteiger charge is -2.17. The summed E-state index contributed by atoms with van der Waals surface area (Å²) >= 11 is 6.00. The molecule has 1 saturated heterocycles. The number of hydrogen-bond donors (Lipinski definition) is 2. The zero-order valence-corrected chi connectivity index (χ0v) is 16.0. The Morgan fingerprint density at radius 1 is 0.926 bits per heavy atom. The van der Waals surface area contributed by atoms with Crippen molar-refractivity contribution in [3.05, 3.63) is 70.2 Å². The van der Waals surface area contributed by atoms with Crippen molar-refractivity contribution in [3.8, 4) is 0 Å². The highest BCUT2D eigenvalue weighted by Gasteiger charge is 2.14. The predicted octanol–water partition coefficient (Wildman–Crippen LogP) is 2.98. The first-order chi connectivity index (χ1) is 13.1. The van der Waals surface area contributed by atoms with Gasteiger partial charge in [0.2, 0.25) is 5.91 Å². The molecule has 3 rings (SSSR count). The highest BCUT2D eigenvalue weighted by Crippen LogP contribution is 2.16. The lowest BCUT2D eigenvalue weighted by atomic mass is 10.1. The second-order valence-electron chi connectivity index (χ2n) is 6.69. The molecule has 1 aliphatic heterocycles. The Labute approximate surface area is 164 Å². The summed E-state index contributed by atoms with van der Waals surface area (Å²) in [7, 11) is 0. The molecule has 1 heterocycles. The average Bonchev–Trinajstić information content (AvgIpc) is 3.19. The van der Waals surface area contributed by atoms with Crippen LogP contribution in [0.25, 0.3) is 0 Å². The molecule has 5 nitrogen and oxygen atoms in total. The number of nitrogens with zero attached hydrogens (tertiary/aromatic N) is 1. The van der Waals surface area contributed by atoms with Crippen LogP contribution in [-0.4, -0.2) is 36.3 Å². The molecule has 142 valence electrons. The van der Waals surface area contributed by atoms with Crippen LogP contribution < -0.4 is 10.6 Å². The first-order valence-corrected chi connectivity index (χ1v) is 9.60. The fraction of sp³-hybridized carbons (Fsp3) is 0.333. The van der Waals surface area contributed by atoms with Gasteiger partial charge in [-0.1, -0.05) is 48.0 Å². The van der Waals surface area contributed by atoms with Gasteiger partial charge in [0.15, 0.2) is 0 Å². The van der Waals surface area contributed by atoms with Gasteiger partial charge >= 0.3 is 0 Å². The average molecular weight is 386 g/mol. The number of amides is 2. The van der Waals surface area contributed by atoms with Crippen molar-refractivity contribution in [2.75, 3.05) is 19.6 Å². The molecule has 0 radical (unpaired) electrons. The summed E-state index contributed by atoms with van der Waals surface area (Å²) < 4.78 is 0. The summed E-state index contributed by atoms with van der Waals surface area (Å²) in [4.78, 5) is 26.7. The van der Waals surface area contributed by atoms with E-state index in [0.717, 1.165) is 25.2 Å².